The van der Waals surface area contributed by atoms with Crippen LogP contribution in [0.15, 0.2) is 23.6 Å². The molecule has 0 saturated heterocycles. The van der Waals surface area contributed by atoms with E-state index in [1.807, 2.05) is 6.08 Å². The van der Waals surface area contributed by atoms with Crippen molar-refractivity contribution in [3.63, 3.8) is 0 Å². The molecule has 0 aliphatic carbocycles. The summed E-state index contributed by atoms with van der Waals surface area (Å²) in [6.07, 6.45) is 3.67. The molecular weight excluding hydrogens is 378 g/mol. The summed E-state index contributed by atoms with van der Waals surface area (Å²) in [4.78, 5) is 0.424. The van der Waals surface area contributed by atoms with E-state index in [1.54, 1.807) is 13.0 Å². The quantitative estimate of drug-likeness (QED) is 0.729. The van der Waals surface area contributed by atoms with Gasteiger partial charge in [0.2, 0.25) is 0 Å². The van der Waals surface area contributed by atoms with E-state index in [0.29, 0.717) is 10.7 Å². The molecule has 0 bridgehead atoms. The van der Waals surface area contributed by atoms with Gasteiger partial charge in [0.1, 0.15) is 0 Å². The van der Waals surface area contributed by atoms with Crippen LogP contribution in [-0.4, -0.2) is 13.9 Å². The Bertz CT molecular complexity index is 385. The van der Waals surface area contributed by atoms with Gasteiger partial charge in [-0.2, -0.15) is 0 Å². The molecule has 15 heavy (non-hydrogen) atoms. The van der Waals surface area contributed by atoms with Gasteiger partial charge in [-0.1, -0.05) is 0 Å². The first-order valence-electron chi connectivity index (χ1n) is 4.79. The molecule has 0 radical (unpaired) electrons. The number of nitrogens with one attached hydrogen (secondary N) is 1. The second-order valence-corrected chi connectivity index (χ2v) is 8.41. The summed E-state index contributed by atoms with van der Waals surface area (Å²) in [6.45, 7) is 11.9. The number of rotatable bonds is 4. The third-order valence-corrected chi connectivity index (χ3v) is 6.48. The van der Waals surface area contributed by atoms with E-state index in [0.717, 1.165) is 0 Å². The molecule has 4 heteroatoms. The predicted molar refractivity (Wildman–Crippen MR) is 64.1 cm³/mol. The number of hydrogen-bond acceptors (Lipinski definition) is 2. The van der Waals surface area contributed by atoms with Gasteiger partial charge in [0, 0.05) is 0 Å². The van der Waals surface area contributed by atoms with Crippen molar-refractivity contribution in [3.8, 4) is 0 Å². The van der Waals surface area contributed by atoms with Crippen molar-refractivity contribution in [2.45, 2.75) is 27.7 Å². The number of allylic oxidation sites excluding steroid dienone is 2. The van der Waals surface area contributed by atoms with E-state index in [1.165, 1.54) is 23.3 Å². The van der Waals surface area contributed by atoms with Crippen molar-refractivity contribution in [1.82, 2.24) is 0 Å². The second kappa shape index (κ2) is 5.36. The zero-order chi connectivity index (χ0) is 12.3. The van der Waals surface area contributed by atoms with Gasteiger partial charge in [0.15, 0.2) is 0 Å². The fraction of sp³-hybridized carbons (Fsp3) is 0.545. The fourth-order valence-corrected chi connectivity index (χ4v) is 1.62. The van der Waals surface area contributed by atoms with E-state index in [4.69, 9.17) is 4.78 Å². The standard InChI is InChI=1S/C11H19NOS.W/c1-6-14(12,13)10(2)8-7-9-11(3,4)5;/h7-8,12H,2,6H2,1,3-5H3;. The van der Waals surface area contributed by atoms with E-state index in [2.05, 4.69) is 27.4 Å². The van der Waals surface area contributed by atoms with Crippen LogP contribution in [0, 0.1) is 10.2 Å². The van der Waals surface area contributed by atoms with E-state index >= 15 is 0 Å². The van der Waals surface area contributed by atoms with Gasteiger partial charge in [-0.3, -0.25) is 0 Å². The van der Waals surface area contributed by atoms with E-state index in [-0.39, 0.29) is 5.41 Å². The molecule has 0 amide bonds. The minimum absolute atomic E-state index is 0.140. The van der Waals surface area contributed by atoms with E-state index in [9.17, 15) is 4.21 Å². The Hall–Kier alpha value is -0.0117. The van der Waals surface area contributed by atoms with Gasteiger partial charge in [-0.15, -0.1) is 0 Å². The molecule has 0 aromatic heterocycles. The van der Waals surface area contributed by atoms with Gasteiger partial charge < -0.3 is 0 Å². The first-order valence-corrected chi connectivity index (χ1v) is 7.98. The summed E-state index contributed by atoms with van der Waals surface area (Å²) in [5.74, 6) is 0.331. The summed E-state index contributed by atoms with van der Waals surface area (Å²) in [6, 6.07) is 0. The van der Waals surface area contributed by atoms with Gasteiger partial charge >= 0.3 is 104 Å². The molecule has 1 unspecified atom stereocenters. The van der Waals surface area contributed by atoms with Crippen molar-refractivity contribution >= 4 is 13.6 Å². The van der Waals surface area contributed by atoms with Crippen LogP contribution in [0.3, 0.4) is 0 Å². The second-order valence-electron chi connectivity index (χ2n) is 4.38. The Morgan fingerprint density at radius 2 is 1.93 bits per heavy atom. The normalized spacial score (nSPS) is 16.3. The first kappa shape index (κ1) is 15.0. The SMILES string of the molecule is C=C(C=C[C](=[W])C(C)(C)C)S(=N)(=O)CC. The summed E-state index contributed by atoms with van der Waals surface area (Å²) >= 11 is 1.40. The van der Waals surface area contributed by atoms with E-state index < -0.39 is 9.73 Å². The summed E-state index contributed by atoms with van der Waals surface area (Å²) < 4.78 is 20.5. The summed E-state index contributed by atoms with van der Waals surface area (Å²) in [7, 11) is -2.62. The summed E-state index contributed by atoms with van der Waals surface area (Å²) in [5, 5.41) is 0. The molecule has 0 spiro atoms. The maximum absolute atomic E-state index is 11.6. The molecule has 0 aromatic carbocycles. The molecule has 0 aliphatic rings. The molecule has 86 valence electrons. The molecule has 0 aliphatic heterocycles. The summed E-state index contributed by atoms with van der Waals surface area (Å²) in [5.41, 5.74) is 0.140. The van der Waals surface area contributed by atoms with Crippen molar-refractivity contribution in [2.75, 3.05) is 5.75 Å². The monoisotopic (exact) mass is 397 g/mol. The van der Waals surface area contributed by atoms with Gasteiger partial charge in [0.25, 0.3) is 0 Å². The van der Waals surface area contributed by atoms with Crippen molar-refractivity contribution in [2.24, 2.45) is 5.41 Å². The Labute approximate surface area is 104 Å². The molecule has 1 N–H and O–H groups in total. The number of hydrogen-bond donors (Lipinski definition) is 1. The van der Waals surface area contributed by atoms with Crippen molar-refractivity contribution in [1.29, 1.82) is 4.78 Å². The minimum atomic E-state index is -2.62. The van der Waals surface area contributed by atoms with Gasteiger partial charge in [0.05, 0.1) is 0 Å². The zero-order valence-corrected chi connectivity index (χ0v) is 13.5. The first-order chi connectivity index (χ1) is 6.61. The average Bonchev–Trinajstić information content (AvgIpc) is 2.11. The van der Waals surface area contributed by atoms with Gasteiger partial charge in [-0.05, 0) is 0 Å². The van der Waals surface area contributed by atoms with Crippen LogP contribution in [0.25, 0.3) is 0 Å². The predicted octanol–water partition coefficient (Wildman–Crippen LogP) is 2.89. The van der Waals surface area contributed by atoms with Crippen molar-refractivity contribution in [3.05, 3.63) is 23.6 Å². The molecule has 0 heterocycles. The fourth-order valence-electron chi connectivity index (χ4n) is 0.714. The Balaban J connectivity index is 4.73. The zero-order valence-electron chi connectivity index (χ0n) is 9.79. The third-order valence-electron chi connectivity index (χ3n) is 1.99. The van der Waals surface area contributed by atoms with Crippen LogP contribution >= 0.6 is 0 Å². The molecule has 1 atom stereocenters. The molecule has 0 fully saturated rings. The molecule has 0 rings (SSSR count). The Morgan fingerprint density at radius 3 is 2.27 bits per heavy atom. The molecule has 2 nitrogen and oxygen atoms in total. The Morgan fingerprint density at radius 1 is 1.47 bits per heavy atom. The third kappa shape index (κ3) is 5.03. The van der Waals surface area contributed by atoms with Crippen LogP contribution < -0.4 is 0 Å². The Kier molecular flexibility index (Phi) is 5.35. The average molecular weight is 397 g/mol. The van der Waals surface area contributed by atoms with Crippen LogP contribution in [0.1, 0.15) is 27.7 Å². The molecule has 0 saturated carbocycles. The van der Waals surface area contributed by atoms with Gasteiger partial charge in [-0.25, -0.2) is 0 Å². The maximum atomic E-state index is 11.6. The van der Waals surface area contributed by atoms with Crippen LogP contribution in [0.4, 0.5) is 0 Å². The topological polar surface area (TPSA) is 40.9 Å². The van der Waals surface area contributed by atoms with Crippen LogP contribution in [-0.2, 0) is 29.1 Å². The molecule has 0 aromatic rings. The van der Waals surface area contributed by atoms with Crippen LogP contribution in [0.5, 0.6) is 0 Å². The van der Waals surface area contributed by atoms with Crippen LogP contribution in [0.2, 0.25) is 0 Å². The molecular formula is C11H19NOSW. The van der Waals surface area contributed by atoms with Crippen molar-refractivity contribution < 1.29 is 23.6 Å².